The molecule has 2 atom stereocenters. The molecule has 1 fully saturated rings. The first-order chi connectivity index (χ1) is 19.5. The van der Waals surface area contributed by atoms with Crippen LogP contribution < -0.4 is 26.9 Å². The Bertz CT molecular complexity index is 1570. The lowest BCUT2D eigenvalue weighted by Gasteiger charge is -2.41. The van der Waals surface area contributed by atoms with E-state index in [9.17, 15) is 32.8 Å². The average molecular weight is 573 g/mol. The number of aliphatic imine (C=N–C) groups is 1. The number of nitrogens with zero attached hydrogens (tertiary/aromatic N) is 7. The molecule has 0 bridgehead atoms. The van der Waals surface area contributed by atoms with Crippen LogP contribution in [0.2, 0.25) is 0 Å². The van der Waals surface area contributed by atoms with E-state index in [1.807, 2.05) is 0 Å². The van der Waals surface area contributed by atoms with Gasteiger partial charge in [0, 0.05) is 26.2 Å². The minimum absolute atomic E-state index is 0.115. The second-order valence-electron chi connectivity index (χ2n) is 9.43. The normalized spacial score (nSPS) is 19.3. The van der Waals surface area contributed by atoms with Gasteiger partial charge in [0.1, 0.15) is 0 Å². The minimum Gasteiger partial charge on any atom is -0.327 e. The zero-order valence-electron chi connectivity index (χ0n) is 22.3. The maximum absolute atomic E-state index is 14.0. The first-order valence-corrected chi connectivity index (χ1v) is 12.6. The van der Waals surface area contributed by atoms with Crippen molar-refractivity contribution in [2.45, 2.75) is 44.8 Å². The number of carbonyl (C=O) groups is 1. The standard InChI is InChI=1S/C26H27F3N8O4/c1-3-4-13-35-20-21(37(41-23(39)26(27,28)29)24(35)34-12-8-11-18(31)14-34)33(2)25(40)36(22(20)38)15-19(32-16-30)17-9-6-5-7-10-17/h5-7,9-10,18,24H,8,11-15,31H2,1-2H3. The second-order valence-corrected chi connectivity index (χ2v) is 9.43. The zero-order chi connectivity index (χ0) is 29.9. The Kier molecular flexibility index (Phi) is 8.51. The summed E-state index contributed by atoms with van der Waals surface area (Å²) in [6.45, 7) is 1.56. The summed E-state index contributed by atoms with van der Waals surface area (Å²) in [6.07, 6.45) is -3.68. The topological polar surface area (TPSA) is 142 Å². The van der Waals surface area contributed by atoms with E-state index < -0.39 is 36.2 Å². The molecule has 4 rings (SSSR count). The number of rotatable bonds is 6. The van der Waals surface area contributed by atoms with Gasteiger partial charge in [0.25, 0.3) is 5.56 Å². The number of hydroxylamine groups is 1. The fourth-order valence-corrected chi connectivity index (χ4v) is 4.92. The van der Waals surface area contributed by atoms with Crippen LogP contribution in [0, 0.1) is 23.3 Å². The number of alkyl halides is 3. The predicted molar refractivity (Wildman–Crippen MR) is 143 cm³/mol. The van der Waals surface area contributed by atoms with Crippen LogP contribution in [-0.4, -0.2) is 63.9 Å². The maximum Gasteiger partial charge on any atom is 0.493 e. The van der Waals surface area contributed by atoms with Gasteiger partial charge in [0.15, 0.2) is 17.8 Å². The summed E-state index contributed by atoms with van der Waals surface area (Å²) >= 11 is 0. The number of hydrogen-bond donors (Lipinski definition) is 1. The molecule has 2 aromatic rings. The van der Waals surface area contributed by atoms with Gasteiger partial charge in [-0.25, -0.2) is 9.59 Å². The van der Waals surface area contributed by atoms with Crippen LogP contribution in [0.5, 0.6) is 0 Å². The summed E-state index contributed by atoms with van der Waals surface area (Å²) in [6, 6.07) is 8.09. The molecule has 216 valence electrons. The SMILES string of the molecule is CC#CCN1c2c(n(C)c(=O)n(CC(=NC#N)c3ccccc3)c2=O)N(OC(=O)C(F)(F)F)C1N1CCCC(N)C1. The van der Waals surface area contributed by atoms with Crippen LogP contribution in [0.3, 0.4) is 0 Å². The van der Waals surface area contributed by atoms with E-state index in [1.165, 1.54) is 11.9 Å². The van der Waals surface area contributed by atoms with Crippen molar-refractivity contribution in [1.82, 2.24) is 14.0 Å². The molecule has 1 aromatic heterocycles. The number of aromatic nitrogens is 2. The van der Waals surface area contributed by atoms with Gasteiger partial charge < -0.3 is 15.5 Å². The van der Waals surface area contributed by atoms with Crippen molar-refractivity contribution < 1.29 is 22.8 Å². The quantitative estimate of drug-likeness (QED) is 0.303. The van der Waals surface area contributed by atoms with Gasteiger partial charge in [-0.2, -0.15) is 23.4 Å². The predicted octanol–water partition coefficient (Wildman–Crippen LogP) is 0.894. The highest BCUT2D eigenvalue weighted by atomic mass is 19.4. The van der Waals surface area contributed by atoms with Gasteiger partial charge in [0.05, 0.1) is 18.8 Å². The number of hydrogen-bond acceptors (Lipinski definition) is 10. The molecule has 1 aromatic carbocycles. The Labute approximate surface area is 232 Å². The summed E-state index contributed by atoms with van der Waals surface area (Å²) in [5, 5.41) is 9.89. The van der Waals surface area contributed by atoms with Gasteiger partial charge in [-0.1, -0.05) is 36.3 Å². The maximum atomic E-state index is 14.0. The molecule has 0 spiro atoms. The largest absolute Gasteiger partial charge is 0.493 e. The number of halogens is 3. The van der Waals surface area contributed by atoms with E-state index in [-0.39, 0.29) is 36.3 Å². The molecule has 1 saturated heterocycles. The van der Waals surface area contributed by atoms with Crippen LogP contribution in [0.4, 0.5) is 24.7 Å². The Hall–Kier alpha value is -4.60. The number of anilines is 2. The lowest BCUT2D eigenvalue weighted by Crippen LogP contribution is -2.60. The second kappa shape index (κ2) is 11.9. The van der Waals surface area contributed by atoms with E-state index in [4.69, 9.17) is 10.6 Å². The lowest BCUT2D eigenvalue weighted by molar-refractivity contribution is -0.203. The Balaban J connectivity index is 1.93. The third-order valence-electron chi connectivity index (χ3n) is 6.73. The molecule has 2 aliphatic heterocycles. The molecular weight excluding hydrogens is 545 g/mol. The van der Waals surface area contributed by atoms with E-state index in [0.717, 1.165) is 9.13 Å². The van der Waals surface area contributed by atoms with Crippen molar-refractivity contribution in [3.05, 3.63) is 56.7 Å². The van der Waals surface area contributed by atoms with Crippen molar-refractivity contribution >= 4 is 23.2 Å². The third kappa shape index (κ3) is 5.82. The summed E-state index contributed by atoms with van der Waals surface area (Å²) in [5.74, 6) is 2.63. The van der Waals surface area contributed by atoms with Crippen LogP contribution in [0.15, 0.2) is 44.9 Å². The number of likely N-dealkylation sites (tertiary alicyclic amines) is 1. The summed E-state index contributed by atoms with van der Waals surface area (Å²) in [5.41, 5.74) is 4.72. The van der Waals surface area contributed by atoms with Gasteiger partial charge >= 0.3 is 17.8 Å². The molecule has 0 aliphatic carbocycles. The highest BCUT2D eigenvalue weighted by molar-refractivity contribution is 6.01. The Morgan fingerprint density at radius 3 is 2.56 bits per heavy atom. The number of piperidine rings is 1. The lowest BCUT2D eigenvalue weighted by atomic mass is 10.1. The Morgan fingerprint density at radius 1 is 1.24 bits per heavy atom. The van der Waals surface area contributed by atoms with Crippen molar-refractivity contribution in [2.75, 3.05) is 29.6 Å². The first-order valence-electron chi connectivity index (χ1n) is 12.6. The van der Waals surface area contributed by atoms with Crippen molar-refractivity contribution in [3.63, 3.8) is 0 Å². The smallest absolute Gasteiger partial charge is 0.327 e. The van der Waals surface area contributed by atoms with Gasteiger partial charge in [-0.05, 0) is 25.3 Å². The number of carbonyl (C=O) groups excluding carboxylic acids is 1. The summed E-state index contributed by atoms with van der Waals surface area (Å²) < 4.78 is 41.8. The van der Waals surface area contributed by atoms with E-state index >= 15 is 0 Å². The number of fused-ring (bicyclic) bond motifs is 1. The van der Waals surface area contributed by atoms with Gasteiger partial charge in [0.2, 0.25) is 6.19 Å². The van der Waals surface area contributed by atoms with Crippen molar-refractivity contribution in [2.24, 2.45) is 17.8 Å². The highest BCUT2D eigenvalue weighted by Crippen LogP contribution is 2.39. The first kappa shape index (κ1) is 29.4. The molecule has 12 nitrogen and oxygen atoms in total. The molecule has 0 amide bonds. The average Bonchev–Trinajstić information content (AvgIpc) is 3.26. The van der Waals surface area contributed by atoms with Gasteiger partial charge in [-0.3, -0.25) is 18.8 Å². The van der Waals surface area contributed by atoms with Crippen molar-refractivity contribution in [3.8, 4) is 18.0 Å². The monoisotopic (exact) mass is 572 g/mol. The molecule has 41 heavy (non-hydrogen) atoms. The molecule has 2 N–H and O–H groups in total. The van der Waals surface area contributed by atoms with E-state index in [1.54, 1.807) is 48.3 Å². The van der Waals surface area contributed by atoms with Crippen LogP contribution in [0.25, 0.3) is 0 Å². The molecule has 2 unspecified atom stereocenters. The zero-order valence-corrected chi connectivity index (χ0v) is 22.3. The molecule has 3 heterocycles. The van der Waals surface area contributed by atoms with Crippen molar-refractivity contribution in [1.29, 1.82) is 5.26 Å². The highest BCUT2D eigenvalue weighted by Gasteiger charge is 2.51. The van der Waals surface area contributed by atoms with Crippen LogP contribution in [0.1, 0.15) is 25.3 Å². The van der Waals surface area contributed by atoms with E-state index in [2.05, 4.69) is 16.8 Å². The number of benzene rings is 1. The van der Waals surface area contributed by atoms with Gasteiger partial charge in [-0.15, -0.1) is 11.0 Å². The molecule has 15 heteroatoms. The molecular formula is C26H27F3N8O4. The fourth-order valence-electron chi connectivity index (χ4n) is 4.92. The fraction of sp³-hybridized carbons (Fsp3) is 0.423. The third-order valence-corrected chi connectivity index (χ3v) is 6.73. The minimum atomic E-state index is -5.36. The summed E-state index contributed by atoms with van der Waals surface area (Å²) in [4.78, 5) is 51.3. The summed E-state index contributed by atoms with van der Waals surface area (Å²) in [7, 11) is 1.24. The molecule has 2 aliphatic rings. The van der Waals surface area contributed by atoms with Crippen LogP contribution in [-0.2, 0) is 23.2 Å². The van der Waals surface area contributed by atoms with Crippen LogP contribution >= 0.6 is 0 Å². The van der Waals surface area contributed by atoms with E-state index in [0.29, 0.717) is 30.0 Å². The Morgan fingerprint density at radius 2 is 1.95 bits per heavy atom. The number of nitriles is 1. The molecule has 0 saturated carbocycles. The number of nitrogens with two attached hydrogens (primary N) is 1. The molecule has 0 radical (unpaired) electrons.